The first-order chi connectivity index (χ1) is 10.4. The van der Waals surface area contributed by atoms with E-state index in [9.17, 15) is 0 Å². The minimum absolute atomic E-state index is 1.25. The second kappa shape index (κ2) is 6.60. The maximum absolute atomic E-state index is 2.20. The fraction of sp³-hybridized carbons (Fsp3) is 0. The first kappa shape index (κ1) is 13.9. The van der Waals surface area contributed by atoms with Gasteiger partial charge in [0.25, 0.3) is 0 Å². The molecule has 21 heavy (non-hydrogen) atoms. The van der Waals surface area contributed by atoms with Crippen LogP contribution in [-0.2, 0) is 0 Å². The fourth-order valence-electron chi connectivity index (χ4n) is 2.41. The van der Waals surface area contributed by atoms with Crippen LogP contribution in [0, 0.1) is 0 Å². The van der Waals surface area contributed by atoms with Crippen LogP contribution in [0.3, 0.4) is 0 Å². The Morgan fingerprint density at radius 3 is 1.19 bits per heavy atom. The van der Waals surface area contributed by atoms with E-state index in [1.54, 1.807) is 0 Å². The molecule has 3 aromatic rings. The van der Waals surface area contributed by atoms with Crippen molar-refractivity contribution in [2.24, 2.45) is 0 Å². The van der Waals surface area contributed by atoms with Crippen molar-refractivity contribution in [1.29, 1.82) is 0 Å². The molecular formula is C20H15Ge. The Hall–Kier alpha value is -2.06. The maximum atomic E-state index is 2.20. The molecule has 3 radical (unpaired) electrons. The van der Waals surface area contributed by atoms with Gasteiger partial charge in [-0.1, -0.05) is 0 Å². The van der Waals surface area contributed by atoms with E-state index >= 15 is 0 Å². The molecule has 0 aliphatic rings. The van der Waals surface area contributed by atoms with Crippen LogP contribution >= 0.6 is 0 Å². The number of hydrogen-bond acceptors (Lipinski definition) is 0. The van der Waals surface area contributed by atoms with Crippen LogP contribution < -0.4 is 0 Å². The van der Waals surface area contributed by atoms with Crippen molar-refractivity contribution >= 4 is 26.5 Å². The van der Waals surface area contributed by atoms with E-state index in [1.807, 2.05) is 0 Å². The summed E-state index contributed by atoms with van der Waals surface area (Å²) >= 11 is 2.20. The van der Waals surface area contributed by atoms with Crippen LogP contribution in [0.25, 0.3) is 9.98 Å². The van der Waals surface area contributed by atoms with Gasteiger partial charge in [-0.25, -0.2) is 0 Å². The Morgan fingerprint density at radius 1 is 0.476 bits per heavy atom. The van der Waals surface area contributed by atoms with Crippen molar-refractivity contribution in [2.75, 3.05) is 0 Å². The molecular weight excluding hydrogens is 313 g/mol. The zero-order valence-electron chi connectivity index (χ0n) is 11.7. The summed E-state index contributed by atoms with van der Waals surface area (Å²) < 4.78 is 1.30. The molecule has 0 fully saturated rings. The van der Waals surface area contributed by atoms with Gasteiger partial charge >= 0.3 is 134 Å². The van der Waals surface area contributed by atoms with Gasteiger partial charge in [0.05, 0.1) is 0 Å². The van der Waals surface area contributed by atoms with Gasteiger partial charge < -0.3 is 0 Å². The molecule has 0 saturated heterocycles. The molecule has 0 bridgehead atoms. The molecule has 0 aliphatic heterocycles. The molecule has 0 heterocycles. The van der Waals surface area contributed by atoms with Crippen molar-refractivity contribution in [2.45, 2.75) is 0 Å². The van der Waals surface area contributed by atoms with Gasteiger partial charge in [-0.3, -0.25) is 0 Å². The second-order valence-corrected chi connectivity index (χ2v) is 5.90. The average Bonchev–Trinajstić information content (AvgIpc) is 2.58. The summed E-state index contributed by atoms with van der Waals surface area (Å²) in [5, 5.41) is 0. The summed E-state index contributed by atoms with van der Waals surface area (Å²) in [6.07, 6.45) is 0. The minimum atomic E-state index is 1.25. The van der Waals surface area contributed by atoms with Crippen molar-refractivity contribution in [1.82, 2.24) is 0 Å². The van der Waals surface area contributed by atoms with Gasteiger partial charge in [0.15, 0.2) is 0 Å². The molecule has 0 aliphatic carbocycles. The van der Waals surface area contributed by atoms with E-state index in [2.05, 4.69) is 108 Å². The molecule has 0 spiro atoms. The Morgan fingerprint density at radius 2 is 0.810 bits per heavy atom. The molecule has 0 unspecified atom stereocenters. The molecule has 1 heteroatoms. The third kappa shape index (κ3) is 3.17. The van der Waals surface area contributed by atoms with E-state index in [0.29, 0.717) is 0 Å². The monoisotopic (exact) mass is 329 g/mol. The van der Waals surface area contributed by atoms with Crippen LogP contribution in [0.5, 0.6) is 0 Å². The average molecular weight is 328 g/mol. The van der Waals surface area contributed by atoms with Gasteiger partial charge in [0.1, 0.15) is 0 Å². The van der Waals surface area contributed by atoms with Crippen molar-refractivity contribution in [3.05, 3.63) is 108 Å². The van der Waals surface area contributed by atoms with E-state index in [1.165, 1.54) is 26.7 Å². The van der Waals surface area contributed by atoms with Crippen molar-refractivity contribution in [3.63, 3.8) is 0 Å². The summed E-state index contributed by atoms with van der Waals surface area (Å²) in [6.45, 7) is 0. The van der Waals surface area contributed by atoms with Crippen LogP contribution in [-0.4, -0.2) is 16.5 Å². The SMILES string of the molecule is [Ge][C](=C(c1ccccc1)c1ccccc1)c1ccccc1. The summed E-state index contributed by atoms with van der Waals surface area (Å²) in [6, 6.07) is 31.8. The van der Waals surface area contributed by atoms with E-state index < -0.39 is 0 Å². The Bertz CT molecular complexity index is 687. The molecule has 3 rings (SSSR count). The zero-order valence-corrected chi connectivity index (χ0v) is 13.8. The van der Waals surface area contributed by atoms with E-state index in [-0.39, 0.29) is 0 Å². The summed E-state index contributed by atoms with van der Waals surface area (Å²) in [4.78, 5) is 0. The standard InChI is InChI=1S/C20H15Ge/c21-20(18-14-8-3-9-15-18)19(16-10-4-1-5-11-16)17-12-6-2-7-13-17/h1-15H. The number of hydrogen-bond donors (Lipinski definition) is 0. The van der Waals surface area contributed by atoms with Crippen LogP contribution in [0.4, 0.5) is 0 Å². The predicted octanol–water partition coefficient (Wildman–Crippen LogP) is 4.77. The van der Waals surface area contributed by atoms with E-state index in [0.717, 1.165) is 0 Å². The van der Waals surface area contributed by atoms with Gasteiger partial charge in [-0.2, -0.15) is 0 Å². The van der Waals surface area contributed by atoms with E-state index in [4.69, 9.17) is 0 Å². The third-order valence-electron chi connectivity index (χ3n) is 3.44. The quantitative estimate of drug-likeness (QED) is 0.480. The molecule has 0 aromatic heterocycles. The molecule has 0 saturated carbocycles. The van der Waals surface area contributed by atoms with Crippen molar-refractivity contribution in [3.8, 4) is 0 Å². The summed E-state index contributed by atoms with van der Waals surface area (Å²) in [5.74, 6) is 0. The van der Waals surface area contributed by atoms with Gasteiger partial charge in [-0.05, 0) is 0 Å². The van der Waals surface area contributed by atoms with Crippen molar-refractivity contribution < 1.29 is 0 Å². The van der Waals surface area contributed by atoms with Gasteiger partial charge in [-0.15, -0.1) is 0 Å². The van der Waals surface area contributed by atoms with Crippen LogP contribution in [0.15, 0.2) is 91.0 Å². The molecule has 0 N–H and O–H groups in total. The van der Waals surface area contributed by atoms with Gasteiger partial charge in [0, 0.05) is 0 Å². The first-order valence-electron chi connectivity index (χ1n) is 6.98. The predicted molar refractivity (Wildman–Crippen MR) is 91.0 cm³/mol. The molecule has 0 amide bonds. The topological polar surface area (TPSA) is 0 Å². The normalized spacial score (nSPS) is 10.1. The zero-order chi connectivity index (χ0) is 14.5. The summed E-state index contributed by atoms with van der Waals surface area (Å²) in [5.41, 5.74) is 5.07. The Labute approximate surface area is 134 Å². The molecule has 3 aromatic carbocycles. The summed E-state index contributed by atoms with van der Waals surface area (Å²) in [7, 11) is 0. The Balaban J connectivity index is 2.22. The Kier molecular flexibility index (Phi) is 4.37. The first-order valence-corrected chi connectivity index (χ1v) is 8.03. The molecule has 99 valence electrons. The third-order valence-corrected chi connectivity index (χ3v) is 4.57. The van der Waals surface area contributed by atoms with Gasteiger partial charge in [0.2, 0.25) is 0 Å². The number of benzene rings is 3. The fourth-order valence-corrected chi connectivity index (χ4v) is 3.37. The van der Waals surface area contributed by atoms with Crippen LogP contribution in [0.1, 0.15) is 16.7 Å². The molecule has 0 nitrogen and oxygen atoms in total. The number of rotatable bonds is 3. The second-order valence-electron chi connectivity index (χ2n) is 4.85. The van der Waals surface area contributed by atoms with Crippen LogP contribution in [0.2, 0.25) is 0 Å². The molecule has 0 atom stereocenters.